The van der Waals surface area contributed by atoms with Crippen LogP contribution in [0, 0.1) is 0 Å². The third-order valence-corrected chi connectivity index (χ3v) is 7.53. The van der Waals surface area contributed by atoms with E-state index in [0.29, 0.717) is 29.8 Å². The lowest BCUT2D eigenvalue weighted by molar-refractivity contribution is -0.137. The first-order valence-corrected chi connectivity index (χ1v) is 12.3. The average molecular weight is 546 g/mol. The van der Waals surface area contributed by atoms with Crippen molar-refractivity contribution in [2.75, 3.05) is 4.72 Å². The van der Waals surface area contributed by atoms with Crippen LogP contribution in [0.1, 0.15) is 16.8 Å². The second kappa shape index (κ2) is 9.26. The minimum absolute atomic E-state index is 0.0289. The molecule has 1 N–H and O–H groups in total. The van der Waals surface area contributed by atoms with Crippen molar-refractivity contribution in [1.29, 1.82) is 0 Å². The standard InChI is InChI=1S/C23H14Cl3F3N2O2S/c24-19-10-17(31-34(32,33)22-6-5-15(8-21(22)26)23(27,28)29)11-20(25)18(19)9-16-7-13-3-1-2-4-14(13)12-30-16/h1-8,10-12,31H,9H2. The molecule has 0 aliphatic carbocycles. The Balaban J connectivity index is 1.60. The van der Waals surface area contributed by atoms with E-state index in [1.165, 1.54) is 12.1 Å². The number of fused-ring (bicyclic) bond motifs is 1. The summed E-state index contributed by atoms with van der Waals surface area (Å²) in [6.07, 6.45) is -2.61. The average Bonchev–Trinajstić information content (AvgIpc) is 2.75. The van der Waals surface area contributed by atoms with Gasteiger partial charge in [0.1, 0.15) is 4.90 Å². The van der Waals surface area contributed by atoms with Crippen LogP contribution >= 0.6 is 34.8 Å². The number of benzene rings is 3. The van der Waals surface area contributed by atoms with E-state index in [2.05, 4.69) is 9.71 Å². The molecule has 0 amide bonds. The van der Waals surface area contributed by atoms with E-state index >= 15 is 0 Å². The van der Waals surface area contributed by atoms with Crippen LogP contribution in [0.3, 0.4) is 0 Å². The molecule has 0 spiro atoms. The molecule has 0 saturated carbocycles. The van der Waals surface area contributed by atoms with E-state index < -0.39 is 31.7 Å². The number of pyridine rings is 1. The molecule has 0 bridgehead atoms. The molecular weight excluding hydrogens is 532 g/mol. The number of nitrogens with zero attached hydrogens (tertiary/aromatic N) is 1. The van der Waals surface area contributed by atoms with Crippen molar-refractivity contribution in [3.8, 4) is 0 Å². The van der Waals surface area contributed by atoms with Gasteiger partial charge in [0.25, 0.3) is 10.0 Å². The van der Waals surface area contributed by atoms with Gasteiger partial charge in [0.15, 0.2) is 0 Å². The highest BCUT2D eigenvalue weighted by atomic mass is 35.5. The zero-order valence-corrected chi connectivity index (χ0v) is 20.1. The minimum atomic E-state index is -4.66. The molecule has 1 aromatic heterocycles. The molecule has 0 aliphatic heterocycles. The van der Waals surface area contributed by atoms with Gasteiger partial charge in [0.2, 0.25) is 0 Å². The van der Waals surface area contributed by atoms with Crippen molar-refractivity contribution in [3.63, 3.8) is 0 Å². The molecule has 4 nitrogen and oxygen atoms in total. The molecule has 34 heavy (non-hydrogen) atoms. The Kier molecular flexibility index (Phi) is 6.70. The lowest BCUT2D eigenvalue weighted by Crippen LogP contribution is -2.14. The second-order valence-corrected chi connectivity index (χ2v) is 10.2. The molecule has 0 saturated heterocycles. The predicted octanol–water partition coefficient (Wildman–Crippen LogP) is 7.61. The Morgan fingerprint density at radius 3 is 2.12 bits per heavy atom. The number of nitrogens with one attached hydrogen (secondary N) is 1. The molecule has 0 atom stereocenters. The quantitative estimate of drug-likeness (QED) is 0.281. The van der Waals surface area contributed by atoms with Gasteiger partial charge in [-0.05, 0) is 47.3 Å². The van der Waals surface area contributed by atoms with Crippen molar-refractivity contribution in [2.45, 2.75) is 17.5 Å². The van der Waals surface area contributed by atoms with Crippen LogP contribution in [0.15, 0.2) is 71.8 Å². The highest BCUT2D eigenvalue weighted by Gasteiger charge is 2.32. The highest BCUT2D eigenvalue weighted by Crippen LogP contribution is 2.35. The number of halogens is 6. The van der Waals surface area contributed by atoms with Crippen LogP contribution in [-0.2, 0) is 22.6 Å². The number of rotatable bonds is 5. The normalized spacial score (nSPS) is 12.2. The molecule has 0 radical (unpaired) electrons. The van der Waals surface area contributed by atoms with E-state index in [1.54, 1.807) is 6.20 Å². The Labute approximate surface area is 208 Å². The van der Waals surface area contributed by atoms with Crippen molar-refractivity contribution < 1.29 is 21.6 Å². The highest BCUT2D eigenvalue weighted by molar-refractivity contribution is 7.92. The first kappa shape index (κ1) is 24.6. The van der Waals surface area contributed by atoms with Crippen LogP contribution in [-0.4, -0.2) is 13.4 Å². The van der Waals surface area contributed by atoms with Crippen molar-refractivity contribution in [1.82, 2.24) is 4.98 Å². The number of alkyl halides is 3. The molecule has 3 aromatic carbocycles. The first-order valence-electron chi connectivity index (χ1n) is 9.65. The third kappa shape index (κ3) is 5.25. The summed E-state index contributed by atoms with van der Waals surface area (Å²) in [4.78, 5) is 3.90. The van der Waals surface area contributed by atoms with Crippen LogP contribution in [0.25, 0.3) is 10.8 Å². The van der Waals surface area contributed by atoms with Crippen LogP contribution in [0.4, 0.5) is 18.9 Å². The molecule has 0 unspecified atom stereocenters. The lowest BCUT2D eigenvalue weighted by Gasteiger charge is -2.14. The second-order valence-electron chi connectivity index (χ2n) is 7.37. The number of hydrogen-bond acceptors (Lipinski definition) is 3. The zero-order valence-electron chi connectivity index (χ0n) is 17.0. The molecular formula is C23H14Cl3F3N2O2S. The van der Waals surface area contributed by atoms with Gasteiger partial charge in [0.05, 0.1) is 16.3 Å². The predicted molar refractivity (Wildman–Crippen MR) is 128 cm³/mol. The van der Waals surface area contributed by atoms with E-state index in [1.807, 2.05) is 30.3 Å². The van der Waals surface area contributed by atoms with Gasteiger partial charge in [-0.25, -0.2) is 8.42 Å². The summed E-state index contributed by atoms with van der Waals surface area (Å²) < 4.78 is 66.3. The molecule has 11 heteroatoms. The summed E-state index contributed by atoms with van der Waals surface area (Å²) in [7, 11) is -4.31. The summed E-state index contributed by atoms with van der Waals surface area (Å²) in [5.74, 6) is 0. The number of hydrogen-bond donors (Lipinski definition) is 1. The Morgan fingerprint density at radius 2 is 1.50 bits per heavy atom. The maximum absolute atomic E-state index is 12.8. The van der Waals surface area contributed by atoms with Gasteiger partial charge in [-0.2, -0.15) is 13.2 Å². The van der Waals surface area contributed by atoms with Crippen molar-refractivity contribution >= 4 is 61.3 Å². The van der Waals surface area contributed by atoms with Gasteiger partial charge in [-0.3, -0.25) is 9.71 Å². The molecule has 1 heterocycles. The van der Waals surface area contributed by atoms with Crippen LogP contribution in [0.2, 0.25) is 15.1 Å². The molecule has 0 aliphatic rings. The van der Waals surface area contributed by atoms with Gasteiger partial charge >= 0.3 is 6.18 Å². The van der Waals surface area contributed by atoms with E-state index in [9.17, 15) is 21.6 Å². The number of anilines is 1. The fourth-order valence-electron chi connectivity index (χ4n) is 3.34. The maximum Gasteiger partial charge on any atom is 0.416 e. The SMILES string of the molecule is O=S(=O)(Nc1cc(Cl)c(Cc2cc3ccccc3cn2)c(Cl)c1)c1ccc(C(F)(F)F)cc1Cl. The smallest absolute Gasteiger partial charge is 0.279 e. The lowest BCUT2D eigenvalue weighted by atomic mass is 10.1. The Bertz CT molecular complexity index is 1490. The van der Waals surface area contributed by atoms with Gasteiger partial charge in [0, 0.05) is 33.7 Å². The van der Waals surface area contributed by atoms with Crippen molar-refractivity contribution in [2.24, 2.45) is 0 Å². The zero-order chi connectivity index (χ0) is 24.7. The van der Waals surface area contributed by atoms with Gasteiger partial charge in [-0.1, -0.05) is 59.1 Å². The Morgan fingerprint density at radius 1 is 0.853 bits per heavy atom. The molecule has 4 aromatic rings. The number of sulfonamides is 1. The van der Waals surface area contributed by atoms with Gasteiger partial charge < -0.3 is 0 Å². The van der Waals surface area contributed by atoms with Gasteiger partial charge in [-0.15, -0.1) is 0 Å². The molecule has 4 rings (SSSR count). The van der Waals surface area contributed by atoms with E-state index in [-0.39, 0.29) is 15.7 Å². The summed E-state index contributed by atoms with van der Waals surface area (Å²) in [6, 6.07) is 14.3. The van der Waals surface area contributed by atoms with Crippen molar-refractivity contribution in [3.05, 3.63) is 98.7 Å². The van der Waals surface area contributed by atoms with Crippen LogP contribution in [0.5, 0.6) is 0 Å². The molecule has 176 valence electrons. The Hall–Kier alpha value is -2.52. The fraction of sp³-hybridized carbons (Fsp3) is 0.0870. The number of aromatic nitrogens is 1. The summed E-state index contributed by atoms with van der Waals surface area (Å²) in [5.41, 5.74) is 0.226. The summed E-state index contributed by atoms with van der Waals surface area (Å²) >= 11 is 18.6. The molecule has 0 fully saturated rings. The summed E-state index contributed by atoms with van der Waals surface area (Å²) in [5, 5.41) is 1.79. The third-order valence-electron chi connectivity index (χ3n) is 4.99. The largest absolute Gasteiger partial charge is 0.416 e. The van der Waals surface area contributed by atoms with E-state index in [0.717, 1.165) is 16.8 Å². The minimum Gasteiger partial charge on any atom is -0.279 e. The monoisotopic (exact) mass is 544 g/mol. The summed E-state index contributed by atoms with van der Waals surface area (Å²) in [6.45, 7) is 0. The topological polar surface area (TPSA) is 59.1 Å². The van der Waals surface area contributed by atoms with E-state index in [4.69, 9.17) is 34.8 Å². The fourth-order valence-corrected chi connectivity index (χ4v) is 5.55. The maximum atomic E-state index is 12.8. The van der Waals surface area contributed by atoms with Crippen LogP contribution < -0.4 is 4.72 Å². The first-order chi connectivity index (χ1) is 15.9.